The number of aryl methyl sites for hydroxylation is 1. The van der Waals surface area contributed by atoms with E-state index in [4.69, 9.17) is 4.52 Å². The molecule has 0 saturated heterocycles. The van der Waals surface area contributed by atoms with Crippen LogP contribution in [0.1, 0.15) is 23.4 Å². The fourth-order valence-corrected chi connectivity index (χ4v) is 2.99. The van der Waals surface area contributed by atoms with Crippen LogP contribution in [0.15, 0.2) is 41.2 Å². The van der Waals surface area contributed by atoms with Gasteiger partial charge in [-0.15, -0.1) is 0 Å². The molecule has 0 N–H and O–H groups in total. The second-order valence-corrected chi connectivity index (χ2v) is 6.03. The molecule has 3 aromatic rings. The van der Waals surface area contributed by atoms with Gasteiger partial charge in [-0.25, -0.2) is 14.4 Å². The molecule has 1 aromatic carbocycles. The van der Waals surface area contributed by atoms with E-state index in [1.807, 2.05) is 6.07 Å². The van der Waals surface area contributed by atoms with Crippen LogP contribution in [0.4, 0.5) is 4.39 Å². The molecule has 0 bridgehead atoms. The van der Waals surface area contributed by atoms with Crippen LogP contribution in [-0.2, 0) is 24.2 Å². The number of carbonyl (C=O) groups excluding carboxylic acids is 1. The molecule has 0 unspecified atom stereocenters. The van der Waals surface area contributed by atoms with Gasteiger partial charge < -0.3 is 9.42 Å². The van der Waals surface area contributed by atoms with Crippen molar-refractivity contribution in [3.05, 3.63) is 59.5 Å². The number of nitrogens with zero attached hydrogens (tertiary/aromatic N) is 5. The Labute approximate surface area is 148 Å². The van der Waals surface area contributed by atoms with E-state index in [0.29, 0.717) is 49.0 Å². The summed E-state index contributed by atoms with van der Waals surface area (Å²) in [5.74, 6) is 0.697. The van der Waals surface area contributed by atoms with E-state index in [-0.39, 0.29) is 18.1 Å². The van der Waals surface area contributed by atoms with Crippen molar-refractivity contribution in [2.24, 2.45) is 0 Å². The van der Waals surface area contributed by atoms with Gasteiger partial charge in [-0.1, -0.05) is 17.3 Å². The van der Waals surface area contributed by atoms with Crippen LogP contribution < -0.4 is 0 Å². The van der Waals surface area contributed by atoms with Crippen LogP contribution >= 0.6 is 0 Å². The number of amides is 1. The number of halogens is 1. The van der Waals surface area contributed by atoms with Crippen molar-refractivity contribution in [3.63, 3.8) is 0 Å². The van der Waals surface area contributed by atoms with Gasteiger partial charge in [-0.05, 0) is 24.1 Å². The third-order valence-electron chi connectivity index (χ3n) is 4.36. The summed E-state index contributed by atoms with van der Waals surface area (Å²) in [6.07, 6.45) is 4.39. The highest BCUT2D eigenvalue weighted by molar-refractivity contribution is 5.76. The summed E-state index contributed by atoms with van der Waals surface area (Å²) in [7, 11) is 0. The van der Waals surface area contributed by atoms with Crippen molar-refractivity contribution in [1.29, 1.82) is 0 Å². The number of aromatic nitrogens is 4. The molecule has 0 saturated carbocycles. The van der Waals surface area contributed by atoms with Crippen molar-refractivity contribution in [3.8, 4) is 11.6 Å². The lowest BCUT2D eigenvalue weighted by Gasteiger charge is -2.29. The Morgan fingerprint density at radius 3 is 2.88 bits per heavy atom. The summed E-state index contributed by atoms with van der Waals surface area (Å²) < 4.78 is 19.1. The maximum Gasteiger partial charge on any atom is 0.240 e. The maximum absolute atomic E-state index is 13.9. The van der Waals surface area contributed by atoms with Crippen LogP contribution in [0, 0.1) is 5.82 Å². The minimum Gasteiger partial charge on any atom is -0.339 e. The molecule has 0 fully saturated rings. The number of carbonyl (C=O) groups is 1. The summed E-state index contributed by atoms with van der Waals surface area (Å²) >= 11 is 0. The summed E-state index contributed by atoms with van der Waals surface area (Å²) in [4.78, 5) is 26.4. The molecular formula is C18H16FN5O2. The van der Waals surface area contributed by atoms with Crippen molar-refractivity contribution in [2.75, 3.05) is 6.54 Å². The molecule has 1 amide bonds. The monoisotopic (exact) mass is 353 g/mol. The maximum atomic E-state index is 13.9. The second kappa shape index (κ2) is 6.99. The number of hydrogen-bond acceptors (Lipinski definition) is 6. The first-order valence-electron chi connectivity index (χ1n) is 8.35. The Morgan fingerprint density at radius 2 is 2.04 bits per heavy atom. The molecule has 132 valence electrons. The molecular weight excluding hydrogens is 337 g/mol. The Hall–Kier alpha value is -3.16. The smallest absolute Gasteiger partial charge is 0.240 e. The summed E-state index contributed by atoms with van der Waals surface area (Å²) in [6.45, 7) is 0.885. The molecule has 1 aliphatic rings. The first kappa shape index (κ1) is 16.3. The summed E-state index contributed by atoms with van der Waals surface area (Å²) in [5.41, 5.74) is 1.58. The van der Waals surface area contributed by atoms with Crippen LogP contribution in [0.5, 0.6) is 0 Å². The van der Waals surface area contributed by atoms with Gasteiger partial charge in [0.05, 0.1) is 0 Å². The van der Waals surface area contributed by atoms with Crippen molar-refractivity contribution in [1.82, 2.24) is 25.0 Å². The molecule has 3 heterocycles. The van der Waals surface area contributed by atoms with Crippen LogP contribution in [0.2, 0.25) is 0 Å². The quantitative estimate of drug-likeness (QED) is 0.715. The molecule has 0 aliphatic carbocycles. The third kappa shape index (κ3) is 3.30. The van der Waals surface area contributed by atoms with E-state index in [0.717, 1.165) is 5.56 Å². The average Bonchev–Trinajstić information content (AvgIpc) is 3.16. The van der Waals surface area contributed by atoms with E-state index in [9.17, 15) is 9.18 Å². The largest absolute Gasteiger partial charge is 0.339 e. The van der Waals surface area contributed by atoms with E-state index >= 15 is 0 Å². The van der Waals surface area contributed by atoms with E-state index in [1.54, 1.807) is 29.4 Å². The first-order valence-corrected chi connectivity index (χ1v) is 8.35. The molecule has 0 atom stereocenters. The highest BCUT2D eigenvalue weighted by Gasteiger charge is 2.23. The van der Waals surface area contributed by atoms with Crippen molar-refractivity contribution < 1.29 is 13.7 Å². The minimum atomic E-state index is -0.260. The zero-order chi connectivity index (χ0) is 17.9. The Balaban J connectivity index is 1.38. The van der Waals surface area contributed by atoms with E-state index in [2.05, 4.69) is 20.1 Å². The molecule has 8 heteroatoms. The average molecular weight is 353 g/mol. The predicted octanol–water partition coefficient (Wildman–Crippen LogP) is 2.18. The Bertz CT molecular complexity index is 928. The fourth-order valence-electron chi connectivity index (χ4n) is 2.99. The topological polar surface area (TPSA) is 85.0 Å². The van der Waals surface area contributed by atoms with Gasteiger partial charge in [-0.2, -0.15) is 4.98 Å². The SMILES string of the molecule is O=C(CCc1nc(-c2ncccn2)no1)N1CCc2cccc(F)c2C1. The van der Waals surface area contributed by atoms with Gasteiger partial charge >= 0.3 is 0 Å². The highest BCUT2D eigenvalue weighted by atomic mass is 19.1. The van der Waals surface area contributed by atoms with Gasteiger partial charge in [0, 0.05) is 43.9 Å². The van der Waals surface area contributed by atoms with Crippen molar-refractivity contribution >= 4 is 5.91 Å². The lowest BCUT2D eigenvalue weighted by atomic mass is 9.99. The van der Waals surface area contributed by atoms with Crippen molar-refractivity contribution in [2.45, 2.75) is 25.8 Å². The minimum absolute atomic E-state index is 0.0605. The van der Waals surface area contributed by atoms with E-state index in [1.165, 1.54) is 6.07 Å². The lowest BCUT2D eigenvalue weighted by Crippen LogP contribution is -2.36. The van der Waals surface area contributed by atoms with Gasteiger partial charge in [-0.3, -0.25) is 4.79 Å². The van der Waals surface area contributed by atoms with Crippen LogP contribution in [0.3, 0.4) is 0 Å². The summed E-state index contributed by atoms with van der Waals surface area (Å²) in [5, 5.41) is 3.83. The van der Waals surface area contributed by atoms with Gasteiger partial charge in [0.25, 0.3) is 0 Å². The number of benzene rings is 1. The summed E-state index contributed by atoms with van der Waals surface area (Å²) in [6, 6.07) is 6.74. The first-order chi connectivity index (χ1) is 12.7. The Morgan fingerprint density at radius 1 is 1.19 bits per heavy atom. The number of hydrogen-bond donors (Lipinski definition) is 0. The van der Waals surface area contributed by atoms with E-state index < -0.39 is 0 Å². The number of rotatable bonds is 4. The predicted molar refractivity (Wildman–Crippen MR) is 89.2 cm³/mol. The Kier molecular flexibility index (Phi) is 4.39. The van der Waals surface area contributed by atoms with Gasteiger partial charge in [0.2, 0.25) is 23.4 Å². The van der Waals surface area contributed by atoms with Gasteiger partial charge in [0.15, 0.2) is 0 Å². The molecule has 26 heavy (non-hydrogen) atoms. The second-order valence-electron chi connectivity index (χ2n) is 6.03. The van der Waals surface area contributed by atoms with Crippen LogP contribution in [0.25, 0.3) is 11.6 Å². The lowest BCUT2D eigenvalue weighted by molar-refractivity contribution is -0.132. The molecule has 4 rings (SSSR count). The molecule has 0 radical (unpaired) electrons. The molecule has 0 spiro atoms. The normalized spacial score (nSPS) is 13.5. The molecule has 7 nitrogen and oxygen atoms in total. The fraction of sp³-hybridized carbons (Fsp3) is 0.278. The van der Waals surface area contributed by atoms with Crippen LogP contribution in [-0.4, -0.2) is 37.5 Å². The number of fused-ring (bicyclic) bond motifs is 1. The zero-order valence-electron chi connectivity index (χ0n) is 13.9. The standard InChI is InChI=1S/C18H16FN5O2/c19-14-4-1-3-12-7-10-24(11-13(12)14)16(25)6-5-15-22-18(23-26-15)17-20-8-2-9-21-17/h1-4,8-9H,5-7,10-11H2. The highest BCUT2D eigenvalue weighted by Crippen LogP contribution is 2.22. The third-order valence-corrected chi connectivity index (χ3v) is 4.36. The molecule has 1 aliphatic heterocycles. The van der Waals surface area contributed by atoms with Gasteiger partial charge in [0.1, 0.15) is 5.82 Å². The molecule has 2 aromatic heterocycles. The zero-order valence-corrected chi connectivity index (χ0v) is 13.9.